The van der Waals surface area contributed by atoms with Gasteiger partial charge in [0.2, 0.25) is 6.79 Å². The van der Waals surface area contributed by atoms with Gasteiger partial charge in [-0.1, -0.05) is 18.2 Å². The Labute approximate surface area is 152 Å². The van der Waals surface area contributed by atoms with E-state index < -0.39 is 0 Å². The molecule has 1 atom stereocenters. The second-order valence-corrected chi connectivity index (χ2v) is 6.40. The summed E-state index contributed by atoms with van der Waals surface area (Å²) in [7, 11) is 0. The monoisotopic (exact) mass is 354 g/mol. The molecule has 0 spiro atoms. The molecule has 1 N–H and O–H groups in total. The van der Waals surface area contributed by atoms with Gasteiger partial charge in [0, 0.05) is 19.0 Å². The van der Waals surface area contributed by atoms with Crippen molar-refractivity contribution in [1.82, 2.24) is 4.90 Å². The molecule has 2 amide bonds. The van der Waals surface area contributed by atoms with E-state index in [1.165, 1.54) is 5.56 Å². The Balaban J connectivity index is 1.41. The lowest BCUT2D eigenvalue weighted by Crippen LogP contribution is -2.32. The van der Waals surface area contributed by atoms with Gasteiger partial charge in [-0.25, -0.2) is 4.79 Å². The zero-order valence-electron chi connectivity index (χ0n) is 14.7. The van der Waals surface area contributed by atoms with Crippen molar-refractivity contribution in [3.63, 3.8) is 0 Å². The summed E-state index contributed by atoms with van der Waals surface area (Å²) in [6.07, 6.45) is 0.931. The Morgan fingerprint density at radius 3 is 2.96 bits per heavy atom. The molecule has 26 heavy (non-hydrogen) atoms. The molecule has 6 heteroatoms. The van der Waals surface area contributed by atoms with Crippen LogP contribution in [0.2, 0.25) is 0 Å². The van der Waals surface area contributed by atoms with Gasteiger partial charge in [0.25, 0.3) is 0 Å². The van der Waals surface area contributed by atoms with Crippen molar-refractivity contribution >= 4 is 11.7 Å². The number of amides is 2. The van der Waals surface area contributed by atoms with Gasteiger partial charge < -0.3 is 24.4 Å². The molecular formula is C20H22N2O4. The number of nitrogens with one attached hydrogen (secondary N) is 1. The third-order valence-electron chi connectivity index (χ3n) is 4.77. The molecule has 0 radical (unpaired) electrons. The van der Waals surface area contributed by atoms with Crippen LogP contribution in [0, 0.1) is 0 Å². The summed E-state index contributed by atoms with van der Waals surface area (Å²) in [6, 6.07) is 13.4. The maximum atomic E-state index is 12.6. The number of fused-ring (bicyclic) bond motifs is 1. The summed E-state index contributed by atoms with van der Waals surface area (Å²) in [5.74, 6) is 2.57. The number of benzene rings is 2. The van der Waals surface area contributed by atoms with Crippen LogP contribution < -0.4 is 19.5 Å². The van der Waals surface area contributed by atoms with E-state index in [0.717, 1.165) is 24.5 Å². The molecule has 136 valence electrons. The Hall–Kier alpha value is -2.89. The van der Waals surface area contributed by atoms with E-state index in [1.54, 1.807) is 0 Å². The van der Waals surface area contributed by atoms with Gasteiger partial charge in [0.15, 0.2) is 11.5 Å². The molecular weight excluding hydrogens is 332 g/mol. The Bertz CT molecular complexity index is 808. The summed E-state index contributed by atoms with van der Waals surface area (Å²) < 4.78 is 16.4. The number of carbonyl (C=O) groups is 1. The predicted molar refractivity (Wildman–Crippen MR) is 98.1 cm³/mol. The smallest absolute Gasteiger partial charge is 0.321 e. The number of hydrogen-bond donors (Lipinski definition) is 1. The van der Waals surface area contributed by atoms with Gasteiger partial charge in [-0.15, -0.1) is 0 Å². The van der Waals surface area contributed by atoms with E-state index in [2.05, 4.69) is 11.4 Å². The van der Waals surface area contributed by atoms with Crippen LogP contribution in [0.25, 0.3) is 0 Å². The first-order chi connectivity index (χ1) is 12.7. The van der Waals surface area contributed by atoms with Gasteiger partial charge in [-0.2, -0.15) is 0 Å². The average Bonchev–Trinajstić information content (AvgIpc) is 3.32. The molecule has 4 rings (SSSR count). The summed E-state index contributed by atoms with van der Waals surface area (Å²) in [6.45, 7) is 4.17. The highest BCUT2D eigenvalue weighted by molar-refractivity contribution is 5.91. The maximum Gasteiger partial charge on any atom is 0.321 e. The van der Waals surface area contributed by atoms with Crippen molar-refractivity contribution in [3.8, 4) is 17.2 Å². The number of rotatable bonds is 4. The van der Waals surface area contributed by atoms with Gasteiger partial charge in [0.1, 0.15) is 5.75 Å². The van der Waals surface area contributed by atoms with Gasteiger partial charge in [-0.05, 0) is 43.2 Å². The molecule has 0 aliphatic carbocycles. The highest BCUT2D eigenvalue weighted by Crippen LogP contribution is 2.37. The number of nitrogens with zero attached hydrogens (tertiary/aromatic N) is 1. The van der Waals surface area contributed by atoms with Crippen LogP contribution in [0.3, 0.4) is 0 Å². The number of urea groups is 1. The number of likely N-dealkylation sites (tertiary alicyclic amines) is 1. The molecule has 6 nitrogen and oxygen atoms in total. The predicted octanol–water partition coefficient (Wildman–Crippen LogP) is 3.84. The fraction of sp³-hybridized carbons (Fsp3) is 0.350. The lowest BCUT2D eigenvalue weighted by molar-refractivity contribution is 0.174. The topological polar surface area (TPSA) is 60.0 Å². The highest BCUT2D eigenvalue weighted by atomic mass is 16.7. The van der Waals surface area contributed by atoms with Gasteiger partial charge >= 0.3 is 6.03 Å². The quantitative estimate of drug-likeness (QED) is 0.906. The molecule has 0 aromatic heterocycles. The third kappa shape index (κ3) is 3.27. The lowest BCUT2D eigenvalue weighted by Gasteiger charge is -2.19. The molecule has 1 saturated heterocycles. The first-order valence-corrected chi connectivity index (χ1v) is 8.92. The molecule has 0 bridgehead atoms. The minimum absolute atomic E-state index is 0.0969. The molecule has 2 aromatic rings. The van der Waals surface area contributed by atoms with Crippen molar-refractivity contribution in [3.05, 3.63) is 48.0 Å². The summed E-state index contributed by atoms with van der Waals surface area (Å²) in [5.41, 5.74) is 1.88. The summed E-state index contributed by atoms with van der Waals surface area (Å²) in [5, 5.41) is 2.97. The van der Waals surface area contributed by atoms with E-state index in [-0.39, 0.29) is 12.8 Å². The fourth-order valence-electron chi connectivity index (χ4n) is 3.43. The second kappa shape index (κ2) is 7.15. The zero-order valence-corrected chi connectivity index (χ0v) is 14.7. The van der Waals surface area contributed by atoms with Crippen molar-refractivity contribution in [2.24, 2.45) is 0 Å². The van der Waals surface area contributed by atoms with E-state index in [1.807, 2.05) is 48.2 Å². The van der Waals surface area contributed by atoms with E-state index in [0.29, 0.717) is 30.5 Å². The van der Waals surface area contributed by atoms with E-state index >= 15 is 0 Å². The van der Waals surface area contributed by atoms with Crippen LogP contribution in [0.15, 0.2) is 42.5 Å². The molecule has 2 heterocycles. The first kappa shape index (κ1) is 16.6. The average molecular weight is 354 g/mol. The number of carbonyl (C=O) groups excluding carboxylic acids is 1. The first-order valence-electron chi connectivity index (χ1n) is 8.92. The van der Waals surface area contributed by atoms with Crippen LogP contribution in [-0.2, 0) is 0 Å². The minimum Gasteiger partial charge on any atom is -0.492 e. The van der Waals surface area contributed by atoms with Crippen LogP contribution in [0.5, 0.6) is 17.2 Å². The van der Waals surface area contributed by atoms with Crippen LogP contribution in [-0.4, -0.2) is 37.4 Å². The Morgan fingerprint density at radius 2 is 2.08 bits per heavy atom. The van der Waals surface area contributed by atoms with Crippen molar-refractivity contribution in [2.75, 3.05) is 31.8 Å². The number of para-hydroxylation sites is 2. The molecule has 2 aliphatic heterocycles. The minimum atomic E-state index is -0.0969. The van der Waals surface area contributed by atoms with Crippen molar-refractivity contribution in [2.45, 2.75) is 19.3 Å². The Kier molecular flexibility index (Phi) is 4.56. The molecule has 2 aromatic carbocycles. The molecule has 1 unspecified atom stereocenters. The number of ether oxygens (including phenoxy) is 3. The maximum absolute atomic E-state index is 12.6. The Morgan fingerprint density at radius 1 is 1.23 bits per heavy atom. The van der Waals surface area contributed by atoms with Crippen LogP contribution in [0.4, 0.5) is 10.5 Å². The standard InChI is InChI=1S/C20H22N2O4/c1-2-24-17-6-4-3-5-16(17)21-20(23)22-10-9-15(12-22)14-7-8-18-19(11-14)26-13-25-18/h3-8,11,15H,2,9-10,12-13H2,1H3,(H,21,23). The van der Waals surface area contributed by atoms with Crippen LogP contribution in [0.1, 0.15) is 24.8 Å². The van der Waals surface area contributed by atoms with E-state index in [9.17, 15) is 4.79 Å². The SMILES string of the molecule is CCOc1ccccc1NC(=O)N1CCC(c2ccc3c(c2)OCO3)C1. The zero-order chi connectivity index (χ0) is 17.9. The van der Waals surface area contributed by atoms with E-state index in [4.69, 9.17) is 14.2 Å². The highest BCUT2D eigenvalue weighted by Gasteiger charge is 2.29. The molecule has 0 saturated carbocycles. The summed E-state index contributed by atoms with van der Waals surface area (Å²) >= 11 is 0. The van der Waals surface area contributed by atoms with Crippen LogP contribution >= 0.6 is 0 Å². The fourth-order valence-corrected chi connectivity index (χ4v) is 3.43. The van der Waals surface area contributed by atoms with Crippen molar-refractivity contribution in [1.29, 1.82) is 0 Å². The largest absolute Gasteiger partial charge is 0.492 e. The van der Waals surface area contributed by atoms with Gasteiger partial charge in [-0.3, -0.25) is 0 Å². The van der Waals surface area contributed by atoms with Gasteiger partial charge in [0.05, 0.1) is 12.3 Å². The molecule has 1 fully saturated rings. The number of anilines is 1. The number of hydrogen-bond acceptors (Lipinski definition) is 4. The second-order valence-electron chi connectivity index (χ2n) is 6.40. The third-order valence-corrected chi connectivity index (χ3v) is 4.77. The normalized spacial score (nSPS) is 18.0. The van der Waals surface area contributed by atoms with Crippen molar-refractivity contribution < 1.29 is 19.0 Å². The lowest BCUT2D eigenvalue weighted by atomic mass is 9.98. The summed E-state index contributed by atoms with van der Waals surface area (Å²) in [4.78, 5) is 14.5. The molecule has 2 aliphatic rings.